The van der Waals surface area contributed by atoms with Gasteiger partial charge in [0.05, 0.1) is 5.00 Å². The number of thiophene rings is 1. The number of rotatable bonds is 1. The van der Waals surface area contributed by atoms with Crippen LogP contribution in [0.5, 0.6) is 0 Å². The molecular formula is C17H21NS. The van der Waals surface area contributed by atoms with Crippen LogP contribution in [0.1, 0.15) is 43.2 Å². The predicted molar refractivity (Wildman–Crippen MR) is 84.9 cm³/mol. The van der Waals surface area contributed by atoms with Gasteiger partial charge in [-0.1, -0.05) is 45.0 Å². The quantitative estimate of drug-likeness (QED) is 0.793. The van der Waals surface area contributed by atoms with Gasteiger partial charge in [-0.15, -0.1) is 11.3 Å². The zero-order valence-corrected chi connectivity index (χ0v) is 12.7. The van der Waals surface area contributed by atoms with Crippen molar-refractivity contribution in [2.75, 3.05) is 5.73 Å². The summed E-state index contributed by atoms with van der Waals surface area (Å²) in [5.41, 5.74) is 11.9. The zero-order chi connectivity index (χ0) is 13.6. The van der Waals surface area contributed by atoms with Crippen LogP contribution in [-0.4, -0.2) is 0 Å². The van der Waals surface area contributed by atoms with Crippen LogP contribution in [0.15, 0.2) is 24.3 Å². The van der Waals surface area contributed by atoms with E-state index in [0.29, 0.717) is 0 Å². The van der Waals surface area contributed by atoms with Gasteiger partial charge in [-0.2, -0.15) is 0 Å². The van der Waals surface area contributed by atoms with E-state index >= 15 is 0 Å². The van der Waals surface area contributed by atoms with Gasteiger partial charge in [-0.3, -0.25) is 0 Å². The van der Waals surface area contributed by atoms with E-state index in [0.717, 1.165) is 5.00 Å². The smallest absolute Gasteiger partial charge is 0.0941 e. The first-order valence-electron chi connectivity index (χ1n) is 6.98. The molecule has 0 radical (unpaired) electrons. The average molecular weight is 271 g/mol. The van der Waals surface area contributed by atoms with Gasteiger partial charge in [0.25, 0.3) is 0 Å². The van der Waals surface area contributed by atoms with Gasteiger partial charge in [0, 0.05) is 10.4 Å². The van der Waals surface area contributed by atoms with Crippen molar-refractivity contribution in [1.82, 2.24) is 0 Å². The Kier molecular flexibility index (Phi) is 2.94. The van der Waals surface area contributed by atoms with E-state index in [1.54, 1.807) is 11.3 Å². The van der Waals surface area contributed by atoms with Gasteiger partial charge in [0.2, 0.25) is 0 Å². The Bertz CT molecular complexity index is 599. The molecule has 1 aromatic carbocycles. The van der Waals surface area contributed by atoms with Crippen molar-refractivity contribution in [3.63, 3.8) is 0 Å². The molecule has 0 amide bonds. The summed E-state index contributed by atoms with van der Waals surface area (Å²) >= 11 is 1.79. The minimum atomic E-state index is 0.209. The SMILES string of the molecule is CC(C)(C)c1ccc(-c2c(N)sc3c2CCC3)cc1. The Balaban J connectivity index is 2.04. The third-order valence-electron chi connectivity index (χ3n) is 3.99. The fourth-order valence-corrected chi connectivity index (χ4v) is 4.06. The molecule has 0 saturated heterocycles. The molecule has 0 saturated carbocycles. The van der Waals surface area contributed by atoms with Gasteiger partial charge in [0.1, 0.15) is 0 Å². The Morgan fingerprint density at radius 2 is 1.74 bits per heavy atom. The monoisotopic (exact) mass is 271 g/mol. The van der Waals surface area contributed by atoms with Crippen LogP contribution in [0.25, 0.3) is 11.1 Å². The molecule has 0 spiro atoms. The number of fused-ring (bicyclic) bond motifs is 1. The first kappa shape index (κ1) is 12.7. The highest BCUT2D eigenvalue weighted by Gasteiger charge is 2.22. The first-order valence-corrected chi connectivity index (χ1v) is 7.79. The maximum atomic E-state index is 6.23. The third-order valence-corrected chi connectivity index (χ3v) is 5.11. The summed E-state index contributed by atoms with van der Waals surface area (Å²) < 4.78 is 0. The number of nitrogen functional groups attached to an aromatic ring is 1. The highest BCUT2D eigenvalue weighted by atomic mass is 32.1. The van der Waals surface area contributed by atoms with E-state index in [1.165, 1.54) is 46.4 Å². The topological polar surface area (TPSA) is 26.0 Å². The highest BCUT2D eigenvalue weighted by molar-refractivity contribution is 7.16. The minimum Gasteiger partial charge on any atom is -0.390 e. The van der Waals surface area contributed by atoms with Gasteiger partial charge < -0.3 is 5.73 Å². The summed E-state index contributed by atoms with van der Waals surface area (Å²) in [7, 11) is 0. The summed E-state index contributed by atoms with van der Waals surface area (Å²) in [5.74, 6) is 0. The molecule has 1 heterocycles. The molecule has 1 nitrogen and oxygen atoms in total. The minimum absolute atomic E-state index is 0.209. The molecule has 0 atom stereocenters. The summed E-state index contributed by atoms with van der Waals surface area (Å²) in [6, 6.07) is 8.96. The van der Waals surface area contributed by atoms with Crippen LogP contribution in [0, 0.1) is 0 Å². The van der Waals surface area contributed by atoms with E-state index in [9.17, 15) is 0 Å². The Morgan fingerprint density at radius 3 is 2.37 bits per heavy atom. The molecule has 2 heteroatoms. The van der Waals surface area contributed by atoms with Crippen molar-refractivity contribution in [2.45, 2.75) is 45.4 Å². The summed E-state index contributed by atoms with van der Waals surface area (Å²) in [6.45, 7) is 6.75. The number of aryl methyl sites for hydroxylation is 1. The van der Waals surface area contributed by atoms with Crippen molar-refractivity contribution >= 4 is 16.3 Å². The fourth-order valence-electron chi connectivity index (χ4n) is 2.88. The molecule has 2 N–H and O–H groups in total. The van der Waals surface area contributed by atoms with E-state index in [1.807, 2.05) is 0 Å². The maximum absolute atomic E-state index is 6.23. The van der Waals surface area contributed by atoms with Gasteiger partial charge in [0.15, 0.2) is 0 Å². The number of nitrogens with two attached hydrogens (primary N) is 1. The second kappa shape index (κ2) is 4.38. The molecule has 3 rings (SSSR count). The number of anilines is 1. The molecule has 19 heavy (non-hydrogen) atoms. The zero-order valence-electron chi connectivity index (χ0n) is 11.9. The largest absolute Gasteiger partial charge is 0.390 e. The van der Waals surface area contributed by atoms with Crippen LogP contribution < -0.4 is 5.73 Å². The standard InChI is InChI=1S/C17H21NS/c1-17(2,3)12-9-7-11(8-10-12)15-13-5-4-6-14(13)19-16(15)18/h7-10H,4-6,18H2,1-3H3. The van der Waals surface area contributed by atoms with Gasteiger partial charge in [-0.05, 0) is 41.4 Å². The van der Waals surface area contributed by atoms with Crippen molar-refractivity contribution < 1.29 is 0 Å². The van der Waals surface area contributed by atoms with Crippen molar-refractivity contribution in [1.29, 1.82) is 0 Å². The van der Waals surface area contributed by atoms with Crippen molar-refractivity contribution in [3.8, 4) is 11.1 Å². The highest BCUT2D eigenvalue weighted by Crippen LogP contribution is 2.43. The molecule has 2 aromatic rings. The van der Waals surface area contributed by atoms with E-state index in [2.05, 4.69) is 45.0 Å². The molecule has 0 aliphatic heterocycles. The Hall–Kier alpha value is -1.28. The number of hydrogen-bond acceptors (Lipinski definition) is 2. The van der Waals surface area contributed by atoms with Crippen LogP contribution in [0.4, 0.5) is 5.00 Å². The van der Waals surface area contributed by atoms with E-state index in [-0.39, 0.29) is 5.41 Å². The third kappa shape index (κ3) is 2.18. The van der Waals surface area contributed by atoms with Gasteiger partial charge in [-0.25, -0.2) is 0 Å². The lowest BCUT2D eigenvalue weighted by Crippen LogP contribution is -2.10. The number of benzene rings is 1. The normalized spacial score (nSPS) is 14.7. The maximum Gasteiger partial charge on any atom is 0.0941 e. The lowest BCUT2D eigenvalue weighted by Gasteiger charge is -2.19. The Labute approximate surface area is 119 Å². The van der Waals surface area contributed by atoms with Crippen LogP contribution in [0.3, 0.4) is 0 Å². The first-order chi connectivity index (χ1) is 8.97. The lowest BCUT2D eigenvalue weighted by molar-refractivity contribution is 0.590. The molecule has 0 bridgehead atoms. The molecule has 0 unspecified atom stereocenters. The van der Waals surface area contributed by atoms with Crippen molar-refractivity contribution in [3.05, 3.63) is 40.3 Å². The molecular weight excluding hydrogens is 250 g/mol. The molecule has 0 fully saturated rings. The fraction of sp³-hybridized carbons (Fsp3) is 0.412. The number of hydrogen-bond donors (Lipinski definition) is 1. The second-order valence-corrected chi connectivity index (χ2v) is 7.56. The van der Waals surface area contributed by atoms with Gasteiger partial charge >= 0.3 is 0 Å². The summed E-state index contributed by atoms with van der Waals surface area (Å²) in [4.78, 5) is 1.51. The Morgan fingerprint density at radius 1 is 1.05 bits per heavy atom. The summed E-state index contributed by atoms with van der Waals surface area (Å²) in [6.07, 6.45) is 3.69. The predicted octanol–water partition coefficient (Wildman–Crippen LogP) is 4.78. The van der Waals surface area contributed by atoms with E-state index < -0.39 is 0 Å². The summed E-state index contributed by atoms with van der Waals surface area (Å²) in [5, 5.41) is 0.994. The molecule has 1 aliphatic carbocycles. The molecule has 100 valence electrons. The molecule has 1 aromatic heterocycles. The molecule has 1 aliphatic rings. The second-order valence-electron chi connectivity index (χ2n) is 6.42. The average Bonchev–Trinajstić information content (AvgIpc) is 2.87. The lowest BCUT2D eigenvalue weighted by atomic mass is 9.86. The van der Waals surface area contributed by atoms with Crippen LogP contribution in [-0.2, 0) is 18.3 Å². The van der Waals surface area contributed by atoms with E-state index in [4.69, 9.17) is 5.73 Å². The van der Waals surface area contributed by atoms with Crippen LogP contribution >= 0.6 is 11.3 Å². The van der Waals surface area contributed by atoms with Crippen LogP contribution in [0.2, 0.25) is 0 Å². The van der Waals surface area contributed by atoms with Crippen molar-refractivity contribution in [2.24, 2.45) is 0 Å².